The zero-order valence-corrected chi connectivity index (χ0v) is 20.2. The van der Waals surface area contributed by atoms with Crippen LogP contribution in [0.3, 0.4) is 0 Å². The van der Waals surface area contributed by atoms with E-state index in [1.54, 1.807) is 30.5 Å². The average molecular weight is 465 g/mol. The van der Waals surface area contributed by atoms with E-state index in [1.807, 2.05) is 72.9 Å². The number of hydrogen-bond donors (Lipinski definition) is 0. The summed E-state index contributed by atoms with van der Waals surface area (Å²) >= 11 is 0. The first kappa shape index (κ1) is 24.3. The highest BCUT2D eigenvalue weighted by Gasteiger charge is 2.39. The number of imidazole rings is 1. The topological polar surface area (TPSA) is 52.0 Å². The second-order valence-corrected chi connectivity index (χ2v) is 8.87. The lowest BCUT2D eigenvalue weighted by molar-refractivity contribution is 0.0789. The van der Waals surface area contributed by atoms with Crippen molar-refractivity contribution in [2.45, 2.75) is 45.1 Å². The number of hydrogen-bond acceptors (Lipinski definition) is 3. The molecule has 0 saturated heterocycles. The number of aryl methyl sites for hydroxylation is 1. The SMILES string of the molecule is CCCCCCn1ccnc1C(c1ccccc1)C(C(=O)c1ccccc1)C(=O)c1ccccc1. The molecule has 1 heterocycles. The molecule has 0 aliphatic heterocycles. The third-order valence-corrected chi connectivity index (χ3v) is 6.45. The van der Waals surface area contributed by atoms with Gasteiger partial charge in [-0.1, -0.05) is 117 Å². The molecule has 0 radical (unpaired) electrons. The molecule has 0 aliphatic rings. The van der Waals surface area contributed by atoms with Crippen molar-refractivity contribution in [3.8, 4) is 0 Å². The van der Waals surface area contributed by atoms with Gasteiger partial charge in [0.1, 0.15) is 5.82 Å². The molecule has 4 nitrogen and oxygen atoms in total. The van der Waals surface area contributed by atoms with Crippen LogP contribution in [0.4, 0.5) is 0 Å². The molecule has 4 rings (SSSR count). The van der Waals surface area contributed by atoms with E-state index in [0.717, 1.165) is 30.8 Å². The minimum atomic E-state index is -0.931. The van der Waals surface area contributed by atoms with Crippen LogP contribution in [0, 0.1) is 5.92 Å². The van der Waals surface area contributed by atoms with Crippen LogP contribution in [0.1, 0.15) is 70.6 Å². The van der Waals surface area contributed by atoms with E-state index >= 15 is 0 Å². The molecule has 0 amide bonds. The van der Waals surface area contributed by atoms with Gasteiger partial charge in [0.25, 0.3) is 0 Å². The van der Waals surface area contributed by atoms with Gasteiger partial charge in [0, 0.05) is 30.1 Å². The summed E-state index contributed by atoms with van der Waals surface area (Å²) in [6, 6.07) is 28.1. The van der Waals surface area contributed by atoms with Crippen LogP contribution in [0.25, 0.3) is 0 Å². The molecule has 4 aromatic rings. The van der Waals surface area contributed by atoms with Gasteiger partial charge >= 0.3 is 0 Å². The van der Waals surface area contributed by atoms with Crippen molar-refractivity contribution in [2.75, 3.05) is 0 Å². The second-order valence-electron chi connectivity index (χ2n) is 8.87. The van der Waals surface area contributed by atoms with Crippen molar-refractivity contribution in [1.29, 1.82) is 0 Å². The van der Waals surface area contributed by atoms with Crippen LogP contribution >= 0.6 is 0 Å². The molecule has 0 N–H and O–H groups in total. The Morgan fingerprint density at radius 3 is 1.83 bits per heavy atom. The van der Waals surface area contributed by atoms with E-state index in [-0.39, 0.29) is 11.6 Å². The van der Waals surface area contributed by atoms with Gasteiger partial charge in [0.2, 0.25) is 0 Å². The fourth-order valence-electron chi connectivity index (χ4n) is 4.63. The maximum Gasteiger partial charge on any atom is 0.174 e. The molecule has 0 aliphatic carbocycles. The molecule has 1 unspecified atom stereocenters. The molecule has 3 aromatic carbocycles. The molecule has 0 saturated carbocycles. The van der Waals surface area contributed by atoms with Gasteiger partial charge in [-0.2, -0.15) is 0 Å². The predicted molar refractivity (Wildman–Crippen MR) is 140 cm³/mol. The first-order valence-electron chi connectivity index (χ1n) is 12.4. The molecular weight excluding hydrogens is 432 g/mol. The largest absolute Gasteiger partial charge is 0.334 e. The van der Waals surface area contributed by atoms with Gasteiger partial charge < -0.3 is 4.57 Å². The Hall–Kier alpha value is -3.79. The number of carbonyl (C=O) groups is 2. The summed E-state index contributed by atoms with van der Waals surface area (Å²) in [6.45, 7) is 3.01. The zero-order valence-electron chi connectivity index (χ0n) is 20.2. The number of benzene rings is 3. The van der Waals surface area contributed by atoms with Crippen LogP contribution in [-0.2, 0) is 6.54 Å². The fraction of sp³-hybridized carbons (Fsp3) is 0.258. The van der Waals surface area contributed by atoms with E-state index in [4.69, 9.17) is 4.98 Å². The normalized spacial score (nSPS) is 11.9. The fourth-order valence-corrected chi connectivity index (χ4v) is 4.63. The molecular formula is C31H32N2O2. The van der Waals surface area contributed by atoms with E-state index in [2.05, 4.69) is 11.5 Å². The number of aromatic nitrogens is 2. The van der Waals surface area contributed by atoms with E-state index in [0.29, 0.717) is 11.1 Å². The van der Waals surface area contributed by atoms with Crippen molar-refractivity contribution >= 4 is 11.6 Å². The quantitative estimate of drug-likeness (QED) is 0.129. The van der Waals surface area contributed by atoms with Crippen LogP contribution in [0.5, 0.6) is 0 Å². The molecule has 4 heteroatoms. The maximum absolute atomic E-state index is 14.0. The summed E-state index contributed by atoms with van der Waals surface area (Å²) in [4.78, 5) is 32.8. The number of unbranched alkanes of at least 4 members (excludes halogenated alkanes) is 3. The van der Waals surface area contributed by atoms with Crippen molar-refractivity contribution in [2.24, 2.45) is 5.92 Å². The lowest BCUT2D eigenvalue weighted by Crippen LogP contribution is -2.33. The summed E-state index contributed by atoms with van der Waals surface area (Å²) in [7, 11) is 0. The Morgan fingerprint density at radius 1 is 0.743 bits per heavy atom. The molecule has 178 valence electrons. The van der Waals surface area contributed by atoms with Crippen molar-refractivity contribution in [3.63, 3.8) is 0 Å². The zero-order chi connectivity index (χ0) is 24.5. The minimum Gasteiger partial charge on any atom is -0.334 e. The monoisotopic (exact) mass is 464 g/mol. The van der Waals surface area contributed by atoms with Gasteiger partial charge in [-0.25, -0.2) is 4.98 Å². The Labute approximate surface area is 207 Å². The van der Waals surface area contributed by atoms with Crippen molar-refractivity contribution in [1.82, 2.24) is 9.55 Å². The number of carbonyl (C=O) groups excluding carboxylic acids is 2. The van der Waals surface area contributed by atoms with Gasteiger partial charge in [-0.05, 0) is 12.0 Å². The van der Waals surface area contributed by atoms with Gasteiger partial charge in [0.05, 0.1) is 11.8 Å². The Bertz CT molecular complexity index is 1170. The Morgan fingerprint density at radius 2 is 1.29 bits per heavy atom. The summed E-state index contributed by atoms with van der Waals surface area (Å²) in [5.41, 5.74) is 1.97. The van der Waals surface area contributed by atoms with Crippen LogP contribution in [0.2, 0.25) is 0 Å². The standard InChI is InChI=1S/C31H32N2O2/c1-2-3-4-14-22-33-23-21-32-31(33)27(24-15-8-5-9-16-24)28(29(34)25-17-10-6-11-18-25)30(35)26-19-12-7-13-20-26/h5-13,15-21,23,27-28H,2-4,14,22H2,1H3. The van der Waals surface area contributed by atoms with E-state index < -0.39 is 11.8 Å². The number of nitrogens with zero attached hydrogens (tertiary/aromatic N) is 2. The Kier molecular flexibility index (Phi) is 8.39. The first-order chi connectivity index (χ1) is 17.2. The van der Waals surface area contributed by atoms with E-state index in [1.165, 1.54) is 12.8 Å². The lowest BCUT2D eigenvalue weighted by Gasteiger charge is -2.26. The highest BCUT2D eigenvalue weighted by atomic mass is 16.2. The highest BCUT2D eigenvalue weighted by Crippen LogP contribution is 2.36. The summed E-state index contributed by atoms with van der Waals surface area (Å²) in [6.07, 6.45) is 8.27. The van der Waals surface area contributed by atoms with Crippen LogP contribution in [-0.4, -0.2) is 21.1 Å². The minimum absolute atomic E-state index is 0.186. The summed E-state index contributed by atoms with van der Waals surface area (Å²) in [5, 5.41) is 0. The van der Waals surface area contributed by atoms with Gasteiger partial charge in [-0.3, -0.25) is 9.59 Å². The van der Waals surface area contributed by atoms with Crippen LogP contribution < -0.4 is 0 Å². The third kappa shape index (κ3) is 5.83. The van der Waals surface area contributed by atoms with Gasteiger partial charge in [0.15, 0.2) is 11.6 Å². The lowest BCUT2D eigenvalue weighted by atomic mass is 9.76. The Balaban J connectivity index is 1.83. The smallest absolute Gasteiger partial charge is 0.174 e. The number of Topliss-reactive ketones (excluding diaryl/α,β-unsaturated/α-hetero) is 2. The number of ketones is 2. The third-order valence-electron chi connectivity index (χ3n) is 6.45. The van der Waals surface area contributed by atoms with Gasteiger partial charge in [-0.15, -0.1) is 0 Å². The van der Waals surface area contributed by atoms with Crippen LogP contribution in [0.15, 0.2) is 103 Å². The first-order valence-corrected chi connectivity index (χ1v) is 12.4. The summed E-state index contributed by atoms with van der Waals surface area (Å²) in [5.74, 6) is -1.05. The number of rotatable bonds is 12. The average Bonchev–Trinajstić information content (AvgIpc) is 3.38. The highest BCUT2D eigenvalue weighted by molar-refractivity contribution is 6.17. The summed E-state index contributed by atoms with van der Waals surface area (Å²) < 4.78 is 2.12. The van der Waals surface area contributed by atoms with E-state index in [9.17, 15) is 9.59 Å². The molecule has 35 heavy (non-hydrogen) atoms. The molecule has 1 aromatic heterocycles. The molecule has 0 fully saturated rings. The second kappa shape index (κ2) is 12.1. The predicted octanol–water partition coefficient (Wildman–Crippen LogP) is 6.98. The molecule has 0 spiro atoms. The van der Waals surface area contributed by atoms with Crippen molar-refractivity contribution < 1.29 is 9.59 Å². The molecule has 1 atom stereocenters. The molecule has 0 bridgehead atoms. The van der Waals surface area contributed by atoms with Crippen molar-refractivity contribution in [3.05, 3.63) is 126 Å². The maximum atomic E-state index is 14.0.